The van der Waals surface area contributed by atoms with Crippen molar-refractivity contribution in [3.63, 3.8) is 0 Å². The highest BCUT2D eigenvalue weighted by molar-refractivity contribution is 7.89. The third-order valence-corrected chi connectivity index (χ3v) is 5.94. The Labute approximate surface area is 151 Å². The molecular weight excluding hydrogens is 360 g/mol. The summed E-state index contributed by atoms with van der Waals surface area (Å²) in [6.07, 6.45) is 0. The highest BCUT2D eigenvalue weighted by atomic mass is 32.2. The van der Waals surface area contributed by atoms with Crippen molar-refractivity contribution >= 4 is 15.7 Å². The molecule has 1 fully saturated rings. The van der Waals surface area contributed by atoms with Gasteiger partial charge in [-0.05, 0) is 30.7 Å². The standard InChI is InChI=1S/C17H18N2O6S/c1-13-4-2-3-5-16(13)25-17-7-6-14(12-15(17)19(20)21)26(22,23)18-8-10-24-11-9-18/h2-7,12H,8-11H2,1H3. The van der Waals surface area contributed by atoms with E-state index in [2.05, 4.69) is 0 Å². The van der Waals surface area contributed by atoms with Gasteiger partial charge in [-0.3, -0.25) is 10.1 Å². The van der Waals surface area contributed by atoms with Gasteiger partial charge in [0.1, 0.15) is 5.75 Å². The van der Waals surface area contributed by atoms with Crippen molar-refractivity contribution in [2.24, 2.45) is 0 Å². The number of nitrogens with zero attached hydrogens (tertiary/aromatic N) is 2. The zero-order valence-electron chi connectivity index (χ0n) is 14.1. The summed E-state index contributed by atoms with van der Waals surface area (Å²) in [5.74, 6) is 0.463. The van der Waals surface area contributed by atoms with Gasteiger partial charge >= 0.3 is 5.69 Å². The maximum absolute atomic E-state index is 12.7. The number of ether oxygens (including phenoxy) is 2. The number of rotatable bonds is 5. The van der Waals surface area contributed by atoms with Crippen LogP contribution in [0.25, 0.3) is 0 Å². The molecule has 2 aromatic carbocycles. The molecule has 0 aromatic heterocycles. The van der Waals surface area contributed by atoms with Crippen molar-refractivity contribution in [2.75, 3.05) is 26.3 Å². The summed E-state index contributed by atoms with van der Waals surface area (Å²) in [5, 5.41) is 11.4. The Balaban J connectivity index is 1.97. The molecule has 0 saturated carbocycles. The number of nitro groups is 1. The minimum absolute atomic E-state index is 0.00905. The topological polar surface area (TPSA) is 99.0 Å². The van der Waals surface area contributed by atoms with Crippen LogP contribution in [0.15, 0.2) is 47.4 Å². The van der Waals surface area contributed by atoms with Crippen LogP contribution in [-0.2, 0) is 14.8 Å². The minimum atomic E-state index is -3.82. The Hall–Kier alpha value is -2.49. The number of para-hydroxylation sites is 1. The van der Waals surface area contributed by atoms with E-state index in [1.54, 1.807) is 12.1 Å². The van der Waals surface area contributed by atoms with Gasteiger partial charge in [0.2, 0.25) is 15.8 Å². The van der Waals surface area contributed by atoms with E-state index in [-0.39, 0.29) is 23.7 Å². The van der Waals surface area contributed by atoms with Gasteiger partial charge in [0.25, 0.3) is 0 Å². The van der Waals surface area contributed by atoms with Crippen molar-refractivity contribution in [2.45, 2.75) is 11.8 Å². The van der Waals surface area contributed by atoms with E-state index in [0.29, 0.717) is 19.0 Å². The molecule has 2 aromatic rings. The predicted molar refractivity (Wildman–Crippen MR) is 93.9 cm³/mol. The van der Waals surface area contributed by atoms with Crippen LogP contribution in [-0.4, -0.2) is 43.9 Å². The van der Waals surface area contributed by atoms with Crippen molar-refractivity contribution in [1.29, 1.82) is 0 Å². The molecule has 0 N–H and O–H groups in total. The second kappa shape index (κ2) is 7.40. The van der Waals surface area contributed by atoms with E-state index in [4.69, 9.17) is 9.47 Å². The molecule has 9 heteroatoms. The molecule has 3 rings (SSSR count). The van der Waals surface area contributed by atoms with Gasteiger partial charge in [-0.25, -0.2) is 8.42 Å². The maximum atomic E-state index is 12.7. The van der Waals surface area contributed by atoms with Crippen LogP contribution in [0.4, 0.5) is 5.69 Å². The van der Waals surface area contributed by atoms with Crippen molar-refractivity contribution in [1.82, 2.24) is 4.31 Å². The first-order valence-electron chi connectivity index (χ1n) is 7.99. The third kappa shape index (κ3) is 3.69. The van der Waals surface area contributed by atoms with Gasteiger partial charge < -0.3 is 9.47 Å². The first-order chi connectivity index (χ1) is 12.4. The van der Waals surface area contributed by atoms with E-state index in [1.807, 2.05) is 19.1 Å². The first kappa shape index (κ1) is 18.3. The highest BCUT2D eigenvalue weighted by Gasteiger charge is 2.29. The lowest BCUT2D eigenvalue weighted by Crippen LogP contribution is -2.40. The summed E-state index contributed by atoms with van der Waals surface area (Å²) >= 11 is 0. The number of nitro benzene ring substituents is 1. The molecule has 0 atom stereocenters. The molecule has 0 spiro atoms. The molecular formula is C17H18N2O6S. The average Bonchev–Trinajstić information content (AvgIpc) is 2.64. The Kier molecular flexibility index (Phi) is 5.21. The largest absolute Gasteiger partial charge is 0.450 e. The lowest BCUT2D eigenvalue weighted by Gasteiger charge is -2.26. The molecule has 0 radical (unpaired) electrons. The molecule has 0 bridgehead atoms. The van der Waals surface area contributed by atoms with E-state index in [0.717, 1.165) is 11.6 Å². The molecule has 1 heterocycles. The molecule has 0 unspecified atom stereocenters. The van der Waals surface area contributed by atoms with Crippen LogP contribution in [0.3, 0.4) is 0 Å². The summed E-state index contributed by atoms with van der Waals surface area (Å²) in [4.78, 5) is 10.7. The fourth-order valence-electron chi connectivity index (χ4n) is 2.61. The third-order valence-electron chi connectivity index (χ3n) is 4.05. The van der Waals surface area contributed by atoms with E-state index >= 15 is 0 Å². The smallest absolute Gasteiger partial charge is 0.312 e. The van der Waals surface area contributed by atoms with Gasteiger partial charge in [0.15, 0.2) is 0 Å². The molecule has 1 aliphatic heterocycles. The van der Waals surface area contributed by atoms with Crippen LogP contribution >= 0.6 is 0 Å². The number of aryl methyl sites for hydroxylation is 1. The number of hydrogen-bond donors (Lipinski definition) is 0. The number of sulfonamides is 1. The van der Waals surface area contributed by atoms with Crippen LogP contribution in [0.5, 0.6) is 11.5 Å². The van der Waals surface area contributed by atoms with Crippen molar-refractivity contribution in [3.8, 4) is 11.5 Å². The normalized spacial score (nSPS) is 15.6. The van der Waals surface area contributed by atoms with Gasteiger partial charge in [-0.2, -0.15) is 4.31 Å². The highest BCUT2D eigenvalue weighted by Crippen LogP contribution is 2.35. The quantitative estimate of drug-likeness (QED) is 0.586. The van der Waals surface area contributed by atoms with E-state index in [1.165, 1.54) is 16.4 Å². The Morgan fingerprint density at radius 1 is 1.12 bits per heavy atom. The number of benzene rings is 2. The molecule has 26 heavy (non-hydrogen) atoms. The summed E-state index contributed by atoms with van der Waals surface area (Å²) in [5.41, 5.74) is 0.411. The number of morpholine rings is 1. The molecule has 8 nitrogen and oxygen atoms in total. The minimum Gasteiger partial charge on any atom is -0.450 e. The Morgan fingerprint density at radius 3 is 2.46 bits per heavy atom. The molecule has 1 saturated heterocycles. The summed E-state index contributed by atoms with van der Waals surface area (Å²) < 4.78 is 37.4. The van der Waals surface area contributed by atoms with Crippen LogP contribution in [0.2, 0.25) is 0 Å². The second-order valence-corrected chi connectivity index (χ2v) is 7.71. The fraction of sp³-hybridized carbons (Fsp3) is 0.294. The monoisotopic (exact) mass is 378 g/mol. The van der Waals surface area contributed by atoms with Gasteiger partial charge in [-0.1, -0.05) is 18.2 Å². The van der Waals surface area contributed by atoms with E-state index in [9.17, 15) is 18.5 Å². The maximum Gasteiger partial charge on any atom is 0.312 e. The van der Waals surface area contributed by atoms with Crippen molar-refractivity contribution in [3.05, 3.63) is 58.1 Å². The van der Waals surface area contributed by atoms with E-state index < -0.39 is 20.6 Å². The summed E-state index contributed by atoms with van der Waals surface area (Å²) in [7, 11) is -3.82. The van der Waals surface area contributed by atoms with Crippen LogP contribution in [0, 0.1) is 17.0 Å². The first-order valence-corrected chi connectivity index (χ1v) is 9.43. The van der Waals surface area contributed by atoms with Crippen LogP contribution in [0.1, 0.15) is 5.56 Å². The lowest BCUT2D eigenvalue weighted by atomic mass is 10.2. The fourth-order valence-corrected chi connectivity index (χ4v) is 4.04. The Bertz CT molecular complexity index is 923. The Morgan fingerprint density at radius 2 is 1.81 bits per heavy atom. The van der Waals surface area contributed by atoms with Gasteiger partial charge in [0.05, 0.1) is 23.0 Å². The SMILES string of the molecule is Cc1ccccc1Oc1ccc(S(=O)(=O)N2CCOCC2)cc1[N+](=O)[O-]. The van der Waals surface area contributed by atoms with Crippen molar-refractivity contribution < 1.29 is 22.8 Å². The average molecular weight is 378 g/mol. The molecule has 0 aliphatic carbocycles. The molecule has 1 aliphatic rings. The molecule has 0 amide bonds. The van der Waals surface area contributed by atoms with Gasteiger partial charge in [-0.15, -0.1) is 0 Å². The zero-order valence-corrected chi connectivity index (χ0v) is 14.9. The summed E-state index contributed by atoms with van der Waals surface area (Å²) in [6, 6.07) is 10.8. The van der Waals surface area contributed by atoms with Crippen LogP contribution < -0.4 is 4.74 Å². The summed E-state index contributed by atoms with van der Waals surface area (Å²) in [6.45, 7) is 2.86. The van der Waals surface area contributed by atoms with Gasteiger partial charge in [0, 0.05) is 19.2 Å². The lowest BCUT2D eigenvalue weighted by molar-refractivity contribution is -0.385. The number of hydrogen-bond acceptors (Lipinski definition) is 6. The predicted octanol–water partition coefficient (Wildman–Crippen LogP) is 2.72. The molecule has 138 valence electrons. The zero-order chi connectivity index (χ0) is 18.7. The second-order valence-electron chi connectivity index (χ2n) is 5.77.